The first-order chi connectivity index (χ1) is 6.58. The Labute approximate surface area is 91.7 Å². The second kappa shape index (κ2) is 4.96. The molecule has 0 fully saturated rings. The zero-order valence-electron chi connectivity index (χ0n) is 8.08. The van der Waals surface area contributed by atoms with Gasteiger partial charge in [0.1, 0.15) is 5.75 Å². The molecule has 0 spiro atoms. The van der Waals surface area contributed by atoms with Gasteiger partial charge in [0.2, 0.25) is 0 Å². The Morgan fingerprint density at radius 1 is 1.43 bits per heavy atom. The van der Waals surface area contributed by atoms with Crippen LogP contribution in [-0.4, -0.2) is 5.97 Å². The summed E-state index contributed by atoms with van der Waals surface area (Å²) in [7, 11) is 0. The smallest absolute Gasteiger partial charge is 0.336 e. The lowest BCUT2D eigenvalue weighted by atomic mass is 10.3. The predicted molar refractivity (Wildman–Crippen MR) is 59.2 cm³/mol. The van der Waals surface area contributed by atoms with Crippen LogP contribution < -0.4 is 4.74 Å². The maximum Gasteiger partial charge on any atom is 0.336 e. The van der Waals surface area contributed by atoms with Crippen molar-refractivity contribution in [2.24, 2.45) is 0 Å². The zero-order chi connectivity index (χ0) is 10.6. The number of ether oxygens (including phenoxy) is 1. The van der Waals surface area contributed by atoms with Gasteiger partial charge in [0.25, 0.3) is 0 Å². The van der Waals surface area contributed by atoms with Crippen LogP contribution in [0.5, 0.6) is 5.75 Å². The molecule has 0 heterocycles. The van der Waals surface area contributed by atoms with Crippen LogP contribution in [-0.2, 0) is 4.79 Å². The number of benzene rings is 1. The third-order valence-corrected chi connectivity index (χ3v) is 1.91. The Balaban J connectivity index is 2.70. The number of halogens is 1. The highest BCUT2D eigenvalue weighted by Crippen LogP contribution is 2.17. The lowest BCUT2D eigenvalue weighted by Gasteiger charge is -2.01. The van der Waals surface area contributed by atoms with Crippen molar-refractivity contribution in [3.8, 4) is 5.75 Å². The third-order valence-electron chi connectivity index (χ3n) is 1.42. The van der Waals surface area contributed by atoms with E-state index >= 15 is 0 Å². The molecule has 1 aromatic carbocycles. The van der Waals surface area contributed by atoms with E-state index < -0.39 is 0 Å². The Hall–Kier alpha value is -1.09. The molecule has 2 nitrogen and oxygen atoms in total. The minimum absolute atomic E-state index is 0.344. The van der Waals surface area contributed by atoms with Gasteiger partial charge in [0.05, 0.1) is 0 Å². The molecule has 0 bridgehead atoms. The fraction of sp³-hybridized carbons (Fsp3) is 0.182. The van der Waals surface area contributed by atoms with Crippen molar-refractivity contribution in [2.75, 3.05) is 0 Å². The molecule has 1 aromatic rings. The average molecular weight is 255 g/mol. The lowest BCUT2D eigenvalue weighted by molar-refractivity contribution is -0.129. The Kier molecular flexibility index (Phi) is 3.89. The summed E-state index contributed by atoms with van der Waals surface area (Å²) in [4.78, 5) is 11.2. The molecule has 14 heavy (non-hydrogen) atoms. The van der Waals surface area contributed by atoms with Crippen molar-refractivity contribution in [1.29, 1.82) is 0 Å². The number of allylic oxidation sites excluding steroid dienone is 1. The summed E-state index contributed by atoms with van der Waals surface area (Å²) in [5, 5.41) is 0. The third kappa shape index (κ3) is 3.75. The summed E-state index contributed by atoms with van der Waals surface area (Å²) >= 11 is 3.30. The van der Waals surface area contributed by atoms with E-state index in [1.165, 1.54) is 6.08 Å². The van der Waals surface area contributed by atoms with Crippen LogP contribution in [0, 0.1) is 0 Å². The van der Waals surface area contributed by atoms with Gasteiger partial charge in [-0.05, 0) is 32.0 Å². The van der Waals surface area contributed by atoms with Crippen molar-refractivity contribution in [2.45, 2.75) is 13.8 Å². The molecule has 0 aromatic heterocycles. The molecule has 0 saturated carbocycles. The summed E-state index contributed by atoms with van der Waals surface area (Å²) in [5.74, 6) is 0.199. The Morgan fingerprint density at radius 2 is 2.14 bits per heavy atom. The first-order valence-electron chi connectivity index (χ1n) is 4.20. The summed E-state index contributed by atoms with van der Waals surface area (Å²) < 4.78 is 5.95. The highest BCUT2D eigenvalue weighted by Gasteiger charge is 2.00. The first-order valence-corrected chi connectivity index (χ1v) is 4.99. The van der Waals surface area contributed by atoms with E-state index in [-0.39, 0.29) is 5.97 Å². The molecule has 0 N–H and O–H groups in total. The summed E-state index contributed by atoms with van der Waals surface area (Å²) in [5.41, 5.74) is 0.921. The van der Waals surface area contributed by atoms with E-state index in [1.807, 2.05) is 26.0 Å². The van der Waals surface area contributed by atoms with E-state index in [4.69, 9.17) is 4.74 Å². The number of rotatable bonds is 2. The molecule has 0 amide bonds. The Morgan fingerprint density at radius 3 is 2.71 bits per heavy atom. The van der Waals surface area contributed by atoms with Gasteiger partial charge in [-0.15, -0.1) is 0 Å². The highest BCUT2D eigenvalue weighted by atomic mass is 79.9. The van der Waals surface area contributed by atoms with Gasteiger partial charge < -0.3 is 4.74 Å². The zero-order valence-corrected chi connectivity index (χ0v) is 9.67. The number of carbonyl (C=O) groups excluding carboxylic acids is 1. The topological polar surface area (TPSA) is 26.3 Å². The van der Waals surface area contributed by atoms with Crippen LogP contribution in [0.15, 0.2) is 40.4 Å². The van der Waals surface area contributed by atoms with E-state index in [0.717, 1.165) is 10.0 Å². The van der Waals surface area contributed by atoms with Crippen molar-refractivity contribution in [1.82, 2.24) is 0 Å². The molecule has 3 heteroatoms. The summed E-state index contributed by atoms with van der Waals surface area (Å²) in [6, 6.07) is 7.17. The minimum atomic E-state index is -0.344. The molecule has 0 radical (unpaired) electrons. The van der Waals surface area contributed by atoms with Crippen molar-refractivity contribution < 1.29 is 9.53 Å². The Bertz CT molecular complexity index is 365. The second-order valence-electron chi connectivity index (χ2n) is 3.10. The molecule has 0 saturated heterocycles. The van der Waals surface area contributed by atoms with Crippen LogP contribution in [0.2, 0.25) is 0 Å². The fourth-order valence-electron chi connectivity index (χ4n) is 0.912. The molecule has 0 unspecified atom stereocenters. The molecule has 0 atom stereocenters. The standard InChI is InChI=1S/C11H11BrO2/c1-8(2)6-11(13)14-10-5-3-4-9(12)7-10/h3-7H,1-2H3. The van der Waals surface area contributed by atoms with Gasteiger partial charge in [-0.2, -0.15) is 0 Å². The number of hydrogen-bond donors (Lipinski definition) is 0. The fourth-order valence-corrected chi connectivity index (χ4v) is 1.29. The molecular weight excluding hydrogens is 244 g/mol. The lowest BCUT2D eigenvalue weighted by Crippen LogP contribution is -2.04. The van der Waals surface area contributed by atoms with Crippen LogP contribution in [0.4, 0.5) is 0 Å². The second-order valence-corrected chi connectivity index (χ2v) is 4.02. The van der Waals surface area contributed by atoms with Gasteiger partial charge in [-0.3, -0.25) is 0 Å². The van der Waals surface area contributed by atoms with Crippen molar-refractivity contribution in [3.05, 3.63) is 40.4 Å². The highest BCUT2D eigenvalue weighted by molar-refractivity contribution is 9.10. The molecule has 0 aliphatic heterocycles. The number of carbonyl (C=O) groups is 1. The molecule has 0 aliphatic rings. The van der Waals surface area contributed by atoms with Crippen molar-refractivity contribution >= 4 is 21.9 Å². The predicted octanol–water partition coefficient (Wildman–Crippen LogP) is 3.32. The van der Waals surface area contributed by atoms with Gasteiger partial charge in [-0.1, -0.05) is 27.6 Å². The monoisotopic (exact) mass is 254 g/mol. The quantitative estimate of drug-likeness (QED) is 0.460. The van der Waals surface area contributed by atoms with Gasteiger partial charge in [-0.25, -0.2) is 4.79 Å². The molecular formula is C11H11BrO2. The van der Waals surface area contributed by atoms with E-state index in [9.17, 15) is 4.79 Å². The van der Waals surface area contributed by atoms with Crippen LogP contribution in [0.3, 0.4) is 0 Å². The number of hydrogen-bond acceptors (Lipinski definition) is 2. The maximum absolute atomic E-state index is 11.2. The molecule has 74 valence electrons. The van der Waals surface area contributed by atoms with Gasteiger partial charge in [0, 0.05) is 10.5 Å². The average Bonchev–Trinajstić information content (AvgIpc) is 2.01. The van der Waals surface area contributed by atoms with Gasteiger partial charge >= 0.3 is 5.97 Å². The van der Waals surface area contributed by atoms with Crippen molar-refractivity contribution in [3.63, 3.8) is 0 Å². The van der Waals surface area contributed by atoms with Crippen LogP contribution >= 0.6 is 15.9 Å². The molecule has 0 aliphatic carbocycles. The SMILES string of the molecule is CC(C)=CC(=O)Oc1cccc(Br)c1. The maximum atomic E-state index is 11.2. The van der Waals surface area contributed by atoms with Crippen LogP contribution in [0.25, 0.3) is 0 Å². The van der Waals surface area contributed by atoms with E-state index in [0.29, 0.717) is 5.75 Å². The van der Waals surface area contributed by atoms with Gasteiger partial charge in [0.15, 0.2) is 0 Å². The summed E-state index contributed by atoms with van der Waals surface area (Å²) in [6.45, 7) is 3.70. The van der Waals surface area contributed by atoms with E-state index in [2.05, 4.69) is 15.9 Å². The first kappa shape index (κ1) is 11.0. The normalized spacial score (nSPS) is 9.36. The van der Waals surface area contributed by atoms with E-state index in [1.54, 1.807) is 12.1 Å². The largest absolute Gasteiger partial charge is 0.423 e. The molecule has 1 rings (SSSR count). The number of esters is 1. The summed E-state index contributed by atoms with van der Waals surface area (Å²) in [6.07, 6.45) is 1.46. The minimum Gasteiger partial charge on any atom is -0.423 e. The van der Waals surface area contributed by atoms with Crippen LogP contribution in [0.1, 0.15) is 13.8 Å².